The van der Waals surface area contributed by atoms with Gasteiger partial charge in [0.15, 0.2) is 5.60 Å². The summed E-state index contributed by atoms with van der Waals surface area (Å²) in [6.07, 6.45) is 2.88. The molecule has 1 fully saturated rings. The van der Waals surface area contributed by atoms with Crippen LogP contribution in [0.2, 0.25) is 0 Å². The quantitative estimate of drug-likeness (QED) is 0.886. The van der Waals surface area contributed by atoms with Gasteiger partial charge in [-0.2, -0.15) is 0 Å². The van der Waals surface area contributed by atoms with E-state index >= 15 is 0 Å². The molecule has 0 saturated carbocycles. The second-order valence-electron chi connectivity index (χ2n) is 7.42. The van der Waals surface area contributed by atoms with E-state index in [4.69, 9.17) is 0 Å². The molecule has 0 radical (unpaired) electrons. The summed E-state index contributed by atoms with van der Waals surface area (Å²) >= 11 is 0. The van der Waals surface area contributed by atoms with Crippen molar-refractivity contribution in [1.29, 1.82) is 0 Å². The van der Waals surface area contributed by atoms with Crippen molar-refractivity contribution in [2.24, 2.45) is 0 Å². The molecule has 3 rings (SSSR count). The minimum absolute atomic E-state index is 0.135. The minimum atomic E-state index is -1.72. The third-order valence-electron chi connectivity index (χ3n) is 5.32. The topological polar surface area (TPSA) is 60.8 Å². The van der Waals surface area contributed by atoms with Crippen LogP contribution < -0.4 is 0 Å². The molecule has 0 aliphatic carbocycles. The second-order valence-corrected chi connectivity index (χ2v) is 7.42. The van der Waals surface area contributed by atoms with Crippen LogP contribution in [0.5, 0.6) is 0 Å². The van der Waals surface area contributed by atoms with Crippen LogP contribution >= 0.6 is 0 Å². The van der Waals surface area contributed by atoms with Gasteiger partial charge >= 0.3 is 5.97 Å². The van der Waals surface area contributed by atoms with Gasteiger partial charge < -0.3 is 10.2 Å². The number of carbonyl (C=O) groups is 1. The third kappa shape index (κ3) is 3.17. The van der Waals surface area contributed by atoms with E-state index < -0.39 is 11.6 Å². The van der Waals surface area contributed by atoms with Crippen LogP contribution in [0, 0.1) is 0 Å². The number of benzene rings is 2. The van der Waals surface area contributed by atoms with Gasteiger partial charge in [0.25, 0.3) is 0 Å². The number of carboxylic acid groups (broad SMARTS) is 1. The fraction of sp³-hybridized carbons (Fsp3) is 0.450. The van der Waals surface area contributed by atoms with E-state index in [0.29, 0.717) is 0 Å². The highest BCUT2D eigenvalue weighted by molar-refractivity contribution is 5.85. The van der Waals surface area contributed by atoms with Gasteiger partial charge in [0.1, 0.15) is 0 Å². The maximum Gasteiger partial charge on any atom is 0.336 e. The van der Waals surface area contributed by atoms with E-state index in [1.54, 1.807) is 0 Å². The summed E-state index contributed by atoms with van der Waals surface area (Å²) in [5.41, 5.74) is -0.578. The van der Waals surface area contributed by atoms with Crippen molar-refractivity contribution in [2.75, 3.05) is 13.1 Å². The van der Waals surface area contributed by atoms with Crippen LogP contribution in [0.3, 0.4) is 0 Å². The van der Waals surface area contributed by atoms with Crippen molar-refractivity contribution in [3.05, 3.63) is 48.0 Å². The molecule has 2 aromatic carbocycles. The molecule has 24 heavy (non-hydrogen) atoms. The number of hydrogen-bond donors (Lipinski definition) is 2. The maximum absolute atomic E-state index is 11.3. The Kier molecular flexibility index (Phi) is 4.37. The van der Waals surface area contributed by atoms with E-state index in [0.717, 1.165) is 25.8 Å². The number of carboxylic acids is 1. The number of aliphatic carboxylic acids is 1. The Morgan fingerprint density at radius 3 is 2.71 bits per heavy atom. The average Bonchev–Trinajstić information content (AvgIpc) is 2.87. The molecule has 1 saturated heterocycles. The monoisotopic (exact) mass is 327 g/mol. The van der Waals surface area contributed by atoms with Gasteiger partial charge in [-0.15, -0.1) is 0 Å². The molecule has 128 valence electrons. The molecule has 2 N–H and O–H groups in total. The number of nitrogens with zero attached hydrogens (tertiary/aromatic N) is 1. The van der Waals surface area contributed by atoms with Crippen molar-refractivity contribution in [1.82, 2.24) is 4.90 Å². The summed E-state index contributed by atoms with van der Waals surface area (Å²) in [7, 11) is 0. The lowest BCUT2D eigenvalue weighted by Gasteiger charge is -2.38. The number of rotatable bonds is 5. The van der Waals surface area contributed by atoms with Crippen LogP contribution in [0.15, 0.2) is 42.5 Å². The molecule has 0 spiro atoms. The van der Waals surface area contributed by atoms with E-state index in [-0.39, 0.29) is 12.1 Å². The van der Waals surface area contributed by atoms with Crippen LogP contribution in [0.4, 0.5) is 0 Å². The smallest absolute Gasteiger partial charge is 0.336 e. The molecule has 0 amide bonds. The highest BCUT2D eigenvalue weighted by atomic mass is 16.4. The zero-order valence-corrected chi connectivity index (χ0v) is 14.3. The summed E-state index contributed by atoms with van der Waals surface area (Å²) in [6.45, 7) is 4.54. The van der Waals surface area contributed by atoms with E-state index in [9.17, 15) is 15.0 Å². The van der Waals surface area contributed by atoms with Crippen LogP contribution in [0.1, 0.15) is 32.3 Å². The van der Waals surface area contributed by atoms with Gasteiger partial charge in [0.2, 0.25) is 0 Å². The lowest BCUT2D eigenvalue weighted by molar-refractivity contribution is -0.159. The van der Waals surface area contributed by atoms with Gasteiger partial charge in [-0.3, -0.25) is 4.90 Å². The van der Waals surface area contributed by atoms with Gasteiger partial charge in [-0.1, -0.05) is 42.5 Å². The fourth-order valence-electron chi connectivity index (χ4n) is 3.85. The Bertz CT molecular complexity index is 750. The Labute approximate surface area is 142 Å². The first kappa shape index (κ1) is 16.9. The average molecular weight is 327 g/mol. The molecule has 1 aliphatic heterocycles. The summed E-state index contributed by atoms with van der Waals surface area (Å²) in [5.74, 6) is -1.16. The van der Waals surface area contributed by atoms with Crippen molar-refractivity contribution in [2.45, 2.75) is 44.2 Å². The Morgan fingerprint density at radius 2 is 1.96 bits per heavy atom. The van der Waals surface area contributed by atoms with Crippen molar-refractivity contribution in [3.8, 4) is 0 Å². The van der Waals surface area contributed by atoms with Crippen LogP contribution in [-0.2, 0) is 11.2 Å². The van der Waals surface area contributed by atoms with E-state index in [1.165, 1.54) is 23.3 Å². The first-order chi connectivity index (χ1) is 11.3. The van der Waals surface area contributed by atoms with Crippen molar-refractivity contribution < 1.29 is 15.0 Å². The van der Waals surface area contributed by atoms with Crippen molar-refractivity contribution in [3.63, 3.8) is 0 Å². The summed E-state index contributed by atoms with van der Waals surface area (Å²) in [4.78, 5) is 13.4. The number of aliphatic hydroxyl groups is 1. The predicted molar refractivity (Wildman–Crippen MR) is 95.1 cm³/mol. The molecule has 2 atom stereocenters. The van der Waals surface area contributed by atoms with E-state index in [2.05, 4.69) is 48.2 Å². The minimum Gasteiger partial charge on any atom is -0.479 e. The summed E-state index contributed by atoms with van der Waals surface area (Å²) < 4.78 is 0. The molecule has 0 bridgehead atoms. The molecule has 2 aromatic rings. The predicted octanol–water partition coefficient (Wildman–Crippen LogP) is 3.07. The zero-order chi connectivity index (χ0) is 17.4. The molecule has 1 heterocycles. The summed E-state index contributed by atoms with van der Waals surface area (Å²) in [6, 6.07) is 14.7. The largest absolute Gasteiger partial charge is 0.479 e. The standard InChI is InChI=1S/C20H25NO3/c1-19(11-6-12-21(19)14-20(2,24)18(22)23)13-16-9-5-8-15-7-3-4-10-17(15)16/h3-5,7-10,24H,6,11-14H2,1-2H3,(H,22,23). The normalized spacial score (nSPS) is 24.1. The molecule has 4 nitrogen and oxygen atoms in total. The van der Waals surface area contributed by atoms with Gasteiger partial charge in [-0.25, -0.2) is 4.79 Å². The zero-order valence-electron chi connectivity index (χ0n) is 14.3. The highest BCUT2D eigenvalue weighted by Crippen LogP contribution is 2.35. The maximum atomic E-state index is 11.3. The van der Waals surface area contributed by atoms with Gasteiger partial charge in [0.05, 0.1) is 0 Å². The molecule has 1 aliphatic rings. The number of β-amino-alcohol motifs (C(OH)–C–C–N with tert-alkyl or cyclic N) is 1. The molecule has 4 heteroatoms. The molecular formula is C20H25NO3. The van der Waals surface area contributed by atoms with Crippen LogP contribution in [0.25, 0.3) is 10.8 Å². The number of hydrogen-bond acceptors (Lipinski definition) is 3. The third-order valence-corrected chi connectivity index (χ3v) is 5.32. The SMILES string of the molecule is CC(O)(CN1CCCC1(C)Cc1cccc2ccccc12)C(=O)O. The van der Waals surface area contributed by atoms with Crippen LogP contribution in [-0.4, -0.2) is 45.3 Å². The molecule has 2 unspecified atom stereocenters. The Morgan fingerprint density at radius 1 is 1.25 bits per heavy atom. The Hall–Kier alpha value is -1.91. The molecular weight excluding hydrogens is 302 g/mol. The summed E-state index contributed by atoms with van der Waals surface area (Å²) in [5, 5.41) is 21.9. The number of fused-ring (bicyclic) bond motifs is 1. The number of likely N-dealkylation sites (tertiary alicyclic amines) is 1. The fourth-order valence-corrected chi connectivity index (χ4v) is 3.85. The molecule has 0 aromatic heterocycles. The van der Waals surface area contributed by atoms with Crippen molar-refractivity contribution >= 4 is 16.7 Å². The second kappa shape index (κ2) is 6.19. The highest BCUT2D eigenvalue weighted by Gasteiger charge is 2.42. The first-order valence-electron chi connectivity index (χ1n) is 8.49. The lowest BCUT2D eigenvalue weighted by atomic mass is 9.87. The Balaban J connectivity index is 1.88. The first-order valence-corrected chi connectivity index (χ1v) is 8.49. The van der Waals surface area contributed by atoms with Gasteiger partial charge in [-0.05, 0) is 56.0 Å². The van der Waals surface area contributed by atoms with Gasteiger partial charge in [0, 0.05) is 12.1 Å². The van der Waals surface area contributed by atoms with E-state index in [1.807, 2.05) is 6.07 Å². The lowest BCUT2D eigenvalue weighted by Crippen LogP contribution is -2.53.